The van der Waals surface area contributed by atoms with E-state index in [4.69, 9.17) is 0 Å². The van der Waals surface area contributed by atoms with Gasteiger partial charge in [0.15, 0.2) is 0 Å². The Balaban J connectivity index is 0.00000259. The van der Waals surface area contributed by atoms with Gasteiger partial charge >= 0.3 is 0 Å². The van der Waals surface area contributed by atoms with Crippen LogP contribution in [-0.4, -0.2) is 46.5 Å². The van der Waals surface area contributed by atoms with Gasteiger partial charge < -0.3 is 14.4 Å². The summed E-state index contributed by atoms with van der Waals surface area (Å²) in [6.07, 6.45) is 3.64. The minimum atomic E-state index is 0. The van der Waals surface area contributed by atoms with E-state index in [1.165, 1.54) is 11.1 Å². The van der Waals surface area contributed by atoms with Gasteiger partial charge in [-0.05, 0) is 54.8 Å². The van der Waals surface area contributed by atoms with Gasteiger partial charge in [-0.25, -0.2) is 0 Å². The SMILES string of the molecule is Cc1cc2c(C(=O)N3CCN(c4ccncc4)CC3)c(-c3ccccc3)n(C)c2cc1C.Cl. The van der Waals surface area contributed by atoms with E-state index >= 15 is 0 Å². The molecule has 1 saturated heterocycles. The molecule has 0 N–H and O–H groups in total. The molecule has 5 nitrogen and oxygen atoms in total. The van der Waals surface area contributed by atoms with Crippen LogP contribution < -0.4 is 4.90 Å². The number of amides is 1. The molecule has 1 aliphatic heterocycles. The topological polar surface area (TPSA) is 41.4 Å². The number of aryl methyl sites for hydroxylation is 3. The normalized spacial score (nSPS) is 13.8. The first-order valence-corrected chi connectivity index (χ1v) is 11.1. The molecule has 0 spiro atoms. The van der Waals surface area contributed by atoms with Crippen LogP contribution in [0.4, 0.5) is 5.69 Å². The Hall–Kier alpha value is -3.31. The molecular formula is C27H29ClN4O. The maximum absolute atomic E-state index is 13.9. The van der Waals surface area contributed by atoms with Gasteiger partial charge in [-0.3, -0.25) is 9.78 Å². The van der Waals surface area contributed by atoms with Crippen LogP contribution in [0.5, 0.6) is 0 Å². The van der Waals surface area contributed by atoms with Crippen molar-refractivity contribution in [2.75, 3.05) is 31.1 Å². The van der Waals surface area contributed by atoms with Crippen LogP contribution in [0, 0.1) is 13.8 Å². The molecule has 1 amide bonds. The lowest BCUT2D eigenvalue weighted by Gasteiger charge is -2.36. The van der Waals surface area contributed by atoms with Gasteiger partial charge in [-0.1, -0.05) is 30.3 Å². The van der Waals surface area contributed by atoms with Crippen LogP contribution >= 0.6 is 12.4 Å². The number of fused-ring (bicyclic) bond motifs is 1. The summed E-state index contributed by atoms with van der Waals surface area (Å²) in [5.41, 5.74) is 7.59. The van der Waals surface area contributed by atoms with E-state index in [0.717, 1.165) is 46.5 Å². The van der Waals surface area contributed by atoms with Crippen LogP contribution in [0.2, 0.25) is 0 Å². The molecular weight excluding hydrogens is 432 g/mol. The number of halogens is 1. The van der Waals surface area contributed by atoms with Gasteiger partial charge in [0, 0.05) is 62.2 Å². The molecule has 0 unspecified atom stereocenters. The zero-order valence-electron chi connectivity index (χ0n) is 19.3. The number of hydrogen-bond acceptors (Lipinski definition) is 3. The number of aromatic nitrogens is 2. The average molecular weight is 461 g/mol. The van der Waals surface area contributed by atoms with E-state index in [-0.39, 0.29) is 18.3 Å². The summed E-state index contributed by atoms with van der Waals surface area (Å²) < 4.78 is 2.18. The molecule has 5 rings (SSSR count). The Morgan fingerprint density at radius 1 is 0.879 bits per heavy atom. The quantitative estimate of drug-likeness (QED) is 0.419. The third-order valence-electron chi connectivity index (χ3n) is 6.67. The second kappa shape index (κ2) is 9.28. The van der Waals surface area contributed by atoms with Crippen molar-refractivity contribution in [1.82, 2.24) is 14.5 Å². The smallest absolute Gasteiger partial charge is 0.256 e. The number of benzene rings is 2. The van der Waals surface area contributed by atoms with Gasteiger partial charge in [-0.2, -0.15) is 0 Å². The van der Waals surface area contributed by atoms with Gasteiger partial charge in [0.2, 0.25) is 0 Å². The second-order valence-electron chi connectivity index (χ2n) is 8.59. The summed E-state index contributed by atoms with van der Waals surface area (Å²) in [6, 6.07) is 18.7. The maximum atomic E-state index is 13.9. The fourth-order valence-corrected chi connectivity index (χ4v) is 4.73. The lowest BCUT2D eigenvalue weighted by atomic mass is 10.0. The summed E-state index contributed by atoms with van der Waals surface area (Å²) in [7, 11) is 2.07. The van der Waals surface area contributed by atoms with Gasteiger partial charge in [-0.15, -0.1) is 12.4 Å². The zero-order valence-corrected chi connectivity index (χ0v) is 20.1. The van der Waals surface area contributed by atoms with Crippen LogP contribution in [0.25, 0.3) is 22.2 Å². The number of carbonyl (C=O) groups excluding carboxylic acids is 1. The van der Waals surface area contributed by atoms with E-state index < -0.39 is 0 Å². The number of carbonyl (C=O) groups is 1. The number of hydrogen-bond donors (Lipinski definition) is 0. The second-order valence-corrected chi connectivity index (χ2v) is 8.59. The minimum Gasteiger partial charge on any atom is -0.368 e. The molecule has 3 heterocycles. The van der Waals surface area contributed by atoms with E-state index in [9.17, 15) is 4.79 Å². The van der Waals surface area contributed by atoms with Crippen LogP contribution in [0.1, 0.15) is 21.5 Å². The number of anilines is 1. The Bertz CT molecular complexity index is 1280. The van der Waals surface area contributed by atoms with Crippen LogP contribution in [0.15, 0.2) is 67.0 Å². The molecule has 2 aromatic heterocycles. The van der Waals surface area contributed by atoms with E-state index in [1.54, 1.807) is 0 Å². The van der Waals surface area contributed by atoms with Gasteiger partial charge in [0.25, 0.3) is 5.91 Å². The fraction of sp³-hybridized carbons (Fsp3) is 0.259. The molecule has 2 aromatic carbocycles. The highest BCUT2D eigenvalue weighted by Gasteiger charge is 2.29. The van der Waals surface area contributed by atoms with E-state index in [1.807, 2.05) is 47.6 Å². The lowest BCUT2D eigenvalue weighted by Crippen LogP contribution is -2.48. The molecule has 0 radical (unpaired) electrons. The third kappa shape index (κ3) is 4.09. The Labute approximate surface area is 201 Å². The lowest BCUT2D eigenvalue weighted by molar-refractivity contribution is 0.0749. The number of nitrogens with zero attached hydrogens (tertiary/aromatic N) is 4. The maximum Gasteiger partial charge on any atom is 0.256 e. The monoisotopic (exact) mass is 460 g/mol. The van der Waals surface area contributed by atoms with Crippen molar-refractivity contribution in [3.05, 3.63) is 83.7 Å². The molecule has 170 valence electrons. The summed E-state index contributed by atoms with van der Waals surface area (Å²) >= 11 is 0. The summed E-state index contributed by atoms with van der Waals surface area (Å²) in [6.45, 7) is 7.29. The summed E-state index contributed by atoms with van der Waals surface area (Å²) in [5, 5.41) is 1.04. The Morgan fingerprint density at radius 2 is 1.52 bits per heavy atom. The molecule has 6 heteroatoms. The zero-order chi connectivity index (χ0) is 22.2. The highest BCUT2D eigenvalue weighted by molar-refractivity contribution is 6.13. The molecule has 4 aromatic rings. The van der Waals surface area contributed by atoms with Crippen LogP contribution in [-0.2, 0) is 7.05 Å². The Morgan fingerprint density at radius 3 is 2.18 bits per heavy atom. The van der Waals surface area contributed by atoms with E-state index in [0.29, 0.717) is 13.1 Å². The summed E-state index contributed by atoms with van der Waals surface area (Å²) in [4.78, 5) is 22.4. The van der Waals surface area contributed by atoms with Crippen molar-refractivity contribution < 1.29 is 4.79 Å². The largest absolute Gasteiger partial charge is 0.368 e. The Kier molecular flexibility index (Phi) is 6.43. The van der Waals surface area contributed by atoms with Gasteiger partial charge in [0.1, 0.15) is 0 Å². The number of pyridine rings is 1. The molecule has 1 fully saturated rings. The predicted molar refractivity (Wildman–Crippen MR) is 137 cm³/mol. The minimum absolute atomic E-state index is 0. The van der Waals surface area contributed by atoms with Crippen molar-refractivity contribution in [2.24, 2.45) is 7.05 Å². The molecule has 0 bridgehead atoms. The van der Waals surface area contributed by atoms with Crippen molar-refractivity contribution in [3.8, 4) is 11.3 Å². The van der Waals surface area contributed by atoms with Gasteiger partial charge in [0.05, 0.1) is 11.3 Å². The highest BCUT2D eigenvalue weighted by Crippen LogP contribution is 2.35. The highest BCUT2D eigenvalue weighted by atomic mass is 35.5. The standard InChI is InChI=1S/C27H28N4O.ClH/c1-19-17-23-24(18-20(19)2)29(3)26(21-7-5-4-6-8-21)25(23)27(32)31-15-13-30(14-16-31)22-9-11-28-12-10-22;/h4-12,17-18H,13-16H2,1-3H3;1H. The van der Waals surface area contributed by atoms with E-state index in [2.05, 4.69) is 59.6 Å². The van der Waals surface area contributed by atoms with Crippen molar-refractivity contribution in [3.63, 3.8) is 0 Å². The van der Waals surface area contributed by atoms with Crippen molar-refractivity contribution in [2.45, 2.75) is 13.8 Å². The fourth-order valence-electron chi connectivity index (χ4n) is 4.73. The first-order valence-electron chi connectivity index (χ1n) is 11.1. The first kappa shape index (κ1) is 22.9. The molecule has 0 saturated carbocycles. The van der Waals surface area contributed by atoms with Crippen molar-refractivity contribution in [1.29, 1.82) is 0 Å². The first-order chi connectivity index (χ1) is 15.5. The summed E-state index contributed by atoms with van der Waals surface area (Å²) in [5.74, 6) is 0.118. The number of piperazine rings is 1. The predicted octanol–water partition coefficient (Wildman–Crippen LogP) is 5.24. The third-order valence-corrected chi connectivity index (χ3v) is 6.67. The molecule has 0 atom stereocenters. The molecule has 0 aliphatic carbocycles. The van der Waals surface area contributed by atoms with Crippen LogP contribution in [0.3, 0.4) is 0 Å². The molecule has 1 aliphatic rings. The van der Waals surface area contributed by atoms with Crippen molar-refractivity contribution >= 4 is 34.9 Å². The number of rotatable bonds is 3. The average Bonchev–Trinajstić information content (AvgIpc) is 3.11. The molecule has 33 heavy (non-hydrogen) atoms.